The highest BCUT2D eigenvalue weighted by atomic mass is 32.2. The first-order valence-corrected chi connectivity index (χ1v) is 14.0. The predicted octanol–water partition coefficient (Wildman–Crippen LogP) is 9.12. The number of nitrogens with zero attached hydrogens (tertiary/aromatic N) is 2. The Morgan fingerprint density at radius 3 is 1.75 bits per heavy atom. The molecule has 1 aromatic heterocycles. The molecule has 0 atom stereocenters. The van der Waals surface area contributed by atoms with Crippen molar-refractivity contribution in [3.63, 3.8) is 0 Å². The first-order chi connectivity index (χ1) is 15.8. The van der Waals surface area contributed by atoms with Gasteiger partial charge in [-0.05, 0) is 30.5 Å². The van der Waals surface area contributed by atoms with Gasteiger partial charge in [0.15, 0.2) is 5.16 Å². The minimum absolute atomic E-state index is 0.805. The molecule has 0 spiro atoms. The molecule has 0 saturated heterocycles. The van der Waals surface area contributed by atoms with Gasteiger partial charge in [0, 0.05) is 23.7 Å². The molecule has 0 fully saturated rings. The average Bonchev–Trinajstić information content (AvgIpc) is 2.83. The van der Waals surface area contributed by atoms with Crippen LogP contribution in [0.5, 0.6) is 5.75 Å². The van der Waals surface area contributed by atoms with Gasteiger partial charge >= 0.3 is 0 Å². The minimum atomic E-state index is 0.805. The summed E-state index contributed by atoms with van der Waals surface area (Å²) < 4.78 is 5.88. The Kier molecular flexibility index (Phi) is 15.0. The minimum Gasteiger partial charge on any atom is -0.494 e. The van der Waals surface area contributed by atoms with Crippen molar-refractivity contribution in [1.82, 2.24) is 9.97 Å². The molecule has 0 aliphatic heterocycles. The molecule has 0 N–H and O–H groups in total. The number of ether oxygens (including phenoxy) is 1. The van der Waals surface area contributed by atoms with Gasteiger partial charge in [0.2, 0.25) is 0 Å². The molecule has 32 heavy (non-hydrogen) atoms. The molecule has 0 amide bonds. The summed E-state index contributed by atoms with van der Waals surface area (Å²) in [6, 6.07) is 8.31. The van der Waals surface area contributed by atoms with Crippen molar-refractivity contribution in [3.05, 3.63) is 36.7 Å². The predicted molar refractivity (Wildman–Crippen MR) is 140 cm³/mol. The summed E-state index contributed by atoms with van der Waals surface area (Å²) in [6.07, 6.45) is 22.5. The van der Waals surface area contributed by atoms with Crippen LogP contribution in [0.1, 0.15) is 104 Å². The van der Waals surface area contributed by atoms with Gasteiger partial charge in [-0.1, -0.05) is 115 Å². The second-order valence-corrected chi connectivity index (χ2v) is 9.78. The van der Waals surface area contributed by atoms with Gasteiger partial charge in [-0.15, -0.1) is 0 Å². The maximum Gasteiger partial charge on any atom is 0.187 e. The Morgan fingerprint density at radius 2 is 1.16 bits per heavy atom. The molecule has 1 aromatic carbocycles. The summed E-state index contributed by atoms with van der Waals surface area (Å²) in [7, 11) is 0. The standard InChI is InChI=1S/C28H44N2OS/c1-3-5-7-9-11-12-14-16-22-32-28-29-23-26(24-30-28)25-17-19-27(20-18-25)31-21-15-13-10-8-6-4-2/h17-20,23-24H,3-16,21-22H2,1-2H3. The largest absolute Gasteiger partial charge is 0.494 e. The first kappa shape index (κ1) is 26.7. The van der Waals surface area contributed by atoms with Crippen LogP contribution < -0.4 is 4.74 Å². The van der Waals surface area contributed by atoms with Gasteiger partial charge in [0.05, 0.1) is 6.61 Å². The van der Waals surface area contributed by atoms with Crippen molar-refractivity contribution in [2.24, 2.45) is 0 Å². The van der Waals surface area contributed by atoms with E-state index in [0.717, 1.165) is 40.8 Å². The molecule has 178 valence electrons. The van der Waals surface area contributed by atoms with Crippen LogP contribution in [-0.2, 0) is 0 Å². The maximum absolute atomic E-state index is 5.88. The van der Waals surface area contributed by atoms with Crippen molar-refractivity contribution in [3.8, 4) is 16.9 Å². The van der Waals surface area contributed by atoms with Crippen molar-refractivity contribution in [1.29, 1.82) is 0 Å². The number of benzene rings is 1. The lowest BCUT2D eigenvalue weighted by Gasteiger charge is -2.08. The van der Waals surface area contributed by atoms with Gasteiger partial charge < -0.3 is 4.74 Å². The van der Waals surface area contributed by atoms with E-state index >= 15 is 0 Å². The molecule has 0 radical (unpaired) electrons. The molecule has 0 aliphatic carbocycles. The van der Waals surface area contributed by atoms with Crippen molar-refractivity contribution in [2.45, 2.75) is 109 Å². The Bertz CT molecular complexity index is 688. The molecule has 1 heterocycles. The highest BCUT2D eigenvalue weighted by molar-refractivity contribution is 7.99. The molecule has 4 heteroatoms. The number of aromatic nitrogens is 2. The fourth-order valence-corrected chi connectivity index (χ4v) is 4.54. The van der Waals surface area contributed by atoms with E-state index in [1.165, 1.54) is 83.5 Å². The van der Waals surface area contributed by atoms with Crippen molar-refractivity contribution >= 4 is 11.8 Å². The van der Waals surface area contributed by atoms with Crippen LogP contribution in [0.25, 0.3) is 11.1 Å². The van der Waals surface area contributed by atoms with E-state index in [1.807, 2.05) is 12.4 Å². The zero-order chi connectivity index (χ0) is 22.7. The van der Waals surface area contributed by atoms with Gasteiger partial charge in [-0.2, -0.15) is 0 Å². The zero-order valence-corrected chi connectivity index (χ0v) is 21.3. The lowest BCUT2D eigenvalue weighted by Crippen LogP contribution is -1.97. The molecule has 3 nitrogen and oxygen atoms in total. The quantitative estimate of drug-likeness (QED) is 0.120. The summed E-state index contributed by atoms with van der Waals surface area (Å²) in [4.78, 5) is 9.11. The van der Waals surface area contributed by atoms with Gasteiger partial charge in [0.25, 0.3) is 0 Å². The molecule has 0 saturated carbocycles. The molecule has 2 rings (SSSR count). The van der Waals surface area contributed by atoms with Crippen LogP contribution in [-0.4, -0.2) is 22.3 Å². The van der Waals surface area contributed by atoms with E-state index < -0.39 is 0 Å². The Hall–Kier alpha value is -1.55. The second-order valence-electron chi connectivity index (χ2n) is 8.72. The molecule has 0 bridgehead atoms. The summed E-state index contributed by atoms with van der Waals surface area (Å²) >= 11 is 1.77. The lowest BCUT2D eigenvalue weighted by molar-refractivity contribution is 0.304. The molecule has 0 aliphatic rings. The fourth-order valence-electron chi connectivity index (χ4n) is 3.76. The normalized spacial score (nSPS) is 11.1. The van der Waals surface area contributed by atoms with Gasteiger partial charge in [-0.3, -0.25) is 0 Å². The SMILES string of the molecule is CCCCCCCCCCSc1ncc(-c2ccc(OCCCCCCCC)cc2)cn1. The summed E-state index contributed by atoms with van der Waals surface area (Å²) in [6.45, 7) is 5.33. The molecule has 2 aromatic rings. The van der Waals surface area contributed by atoms with E-state index in [-0.39, 0.29) is 0 Å². The lowest BCUT2D eigenvalue weighted by atomic mass is 10.1. The van der Waals surface area contributed by atoms with E-state index in [0.29, 0.717) is 0 Å². The first-order valence-electron chi connectivity index (χ1n) is 13.0. The number of rotatable bonds is 19. The smallest absolute Gasteiger partial charge is 0.187 e. The number of hydrogen-bond donors (Lipinski definition) is 0. The number of thioether (sulfide) groups is 1. The summed E-state index contributed by atoms with van der Waals surface area (Å²) in [5.41, 5.74) is 2.19. The highest BCUT2D eigenvalue weighted by Gasteiger charge is 2.03. The van der Waals surface area contributed by atoms with Crippen molar-refractivity contribution in [2.75, 3.05) is 12.4 Å². The zero-order valence-electron chi connectivity index (χ0n) is 20.5. The Labute approximate surface area is 201 Å². The van der Waals surface area contributed by atoms with Gasteiger partial charge in [-0.25, -0.2) is 9.97 Å². The second kappa shape index (κ2) is 17.9. The van der Waals surface area contributed by atoms with E-state index in [1.54, 1.807) is 11.8 Å². The van der Waals surface area contributed by atoms with E-state index in [9.17, 15) is 0 Å². The monoisotopic (exact) mass is 456 g/mol. The highest BCUT2D eigenvalue weighted by Crippen LogP contribution is 2.23. The fraction of sp³-hybridized carbons (Fsp3) is 0.643. The molecule has 0 unspecified atom stereocenters. The van der Waals surface area contributed by atoms with Crippen molar-refractivity contribution < 1.29 is 4.74 Å². The van der Waals surface area contributed by atoms with Gasteiger partial charge in [0.1, 0.15) is 5.75 Å². The third-order valence-electron chi connectivity index (χ3n) is 5.81. The van der Waals surface area contributed by atoms with Crippen LogP contribution in [0, 0.1) is 0 Å². The Balaban J connectivity index is 1.60. The third-order valence-corrected chi connectivity index (χ3v) is 6.77. The van der Waals surface area contributed by atoms with Crippen LogP contribution in [0.2, 0.25) is 0 Å². The number of unbranched alkanes of at least 4 members (excludes halogenated alkanes) is 12. The summed E-state index contributed by atoms with van der Waals surface area (Å²) in [5.74, 6) is 2.06. The molecular weight excluding hydrogens is 412 g/mol. The Morgan fingerprint density at radius 1 is 0.625 bits per heavy atom. The third kappa shape index (κ3) is 11.9. The van der Waals surface area contributed by atoms with Crippen LogP contribution in [0.15, 0.2) is 41.8 Å². The van der Waals surface area contributed by atoms with Crippen LogP contribution in [0.4, 0.5) is 0 Å². The van der Waals surface area contributed by atoms with E-state index in [4.69, 9.17) is 4.74 Å². The van der Waals surface area contributed by atoms with E-state index in [2.05, 4.69) is 48.1 Å². The number of hydrogen-bond acceptors (Lipinski definition) is 4. The van der Waals surface area contributed by atoms with Crippen LogP contribution >= 0.6 is 11.8 Å². The average molecular weight is 457 g/mol. The van der Waals surface area contributed by atoms with Crippen LogP contribution in [0.3, 0.4) is 0 Å². The molecular formula is C28H44N2OS. The topological polar surface area (TPSA) is 35.0 Å². The summed E-state index contributed by atoms with van der Waals surface area (Å²) in [5, 5.41) is 0.885. The maximum atomic E-state index is 5.88.